The van der Waals surface area contributed by atoms with E-state index in [0.717, 1.165) is 48.6 Å². The number of anilines is 2. The Balaban J connectivity index is 1.18. The number of aliphatic hydroxyl groups excluding tert-OH is 1. The van der Waals surface area contributed by atoms with Crippen LogP contribution in [-0.2, 0) is 16.1 Å². The second kappa shape index (κ2) is 14.2. The number of piperazine rings is 1. The molecule has 11 nitrogen and oxygen atoms in total. The highest BCUT2D eigenvalue weighted by Crippen LogP contribution is 2.42. The second-order valence-electron chi connectivity index (χ2n) is 11.7. The Labute approximate surface area is 267 Å². The summed E-state index contributed by atoms with van der Waals surface area (Å²) in [5.74, 6) is -0.227. The number of non-ortho nitro benzene ring substituents is 1. The lowest BCUT2D eigenvalue weighted by molar-refractivity contribution is -0.384. The van der Waals surface area contributed by atoms with Gasteiger partial charge in [0.05, 0.1) is 29.3 Å². The van der Waals surface area contributed by atoms with Crippen LogP contribution in [0.4, 0.5) is 17.1 Å². The molecule has 1 aromatic heterocycles. The molecule has 0 saturated carbocycles. The molecule has 238 valence electrons. The summed E-state index contributed by atoms with van der Waals surface area (Å²) >= 11 is 0. The number of benzene rings is 3. The molecule has 3 heterocycles. The Kier molecular flexibility index (Phi) is 9.65. The predicted molar refractivity (Wildman–Crippen MR) is 173 cm³/mol. The maximum atomic E-state index is 12.8. The van der Waals surface area contributed by atoms with Crippen LogP contribution < -0.4 is 10.2 Å². The molecule has 0 spiro atoms. The number of aromatic nitrogens is 1. The molecule has 0 radical (unpaired) electrons. The molecule has 2 aliphatic rings. The zero-order valence-corrected chi connectivity index (χ0v) is 25.6. The lowest BCUT2D eigenvalue weighted by atomic mass is 9.90. The summed E-state index contributed by atoms with van der Waals surface area (Å²) in [6, 6.07) is 25.5. The maximum absolute atomic E-state index is 12.8. The smallest absolute Gasteiger partial charge is 0.269 e. The van der Waals surface area contributed by atoms with Gasteiger partial charge in [0.2, 0.25) is 0 Å². The van der Waals surface area contributed by atoms with Crippen molar-refractivity contribution in [3.8, 4) is 0 Å². The number of hydrogen-bond donors (Lipinski definition) is 2. The average Bonchev–Trinajstić information content (AvgIpc) is 3.10. The molecule has 1 amide bonds. The zero-order chi connectivity index (χ0) is 32.0. The van der Waals surface area contributed by atoms with Gasteiger partial charge in [-0.15, -0.1) is 0 Å². The number of nitrogens with zero attached hydrogens (tertiary/aromatic N) is 4. The first kappa shape index (κ1) is 31.3. The largest absolute Gasteiger partial charge is 0.392 e. The Morgan fingerprint density at radius 2 is 1.74 bits per heavy atom. The fraction of sp³-hybridized carbons (Fsp3) is 0.314. The zero-order valence-electron chi connectivity index (χ0n) is 25.6. The van der Waals surface area contributed by atoms with Crippen LogP contribution in [0.1, 0.15) is 46.4 Å². The molecule has 3 aromatic carbocycles. The van der Waals surface area contributed by atoms with Crippen molar-refractivity contribution in [2.45, 2.75) is 32.0 Å². The molecule has 4 aromatic rings. The number of rotatable bonds is 9. The van der Waals surface area contributed by atoms with Crippen LogP contribution in [0.5, 0.6) is 0 Å². The van der Waals surface area contributed by atoms with E-state index < -0.39 is 6.29 Å². The van der Waals surface area contributed by atoms with Crippen LogP contribution in [-0.4, -0.2) is 64.6 Å². The van der Waals surface area contributed by atoms with Crippen molar-refractivity contribution in [1.82, 2.24) is 9.88 Å². The number of amides is 1. The van der Waals surface area contributed by atoms with Gasteiger partial charge in [0, 0.05) is 80.1 Å². The Bertz CT molecular complexity index is 1630. The molecule has 2 aliphatic heterocycles. The molecule has 0 bridgehead atoms. The van der Waals surface area contributed by atoms with Gasteiger partial charge in [-0.05, 0) is 47.5 Å². The molecule has 46 heavy (non-hydrogen) atoms. The minimum absolute atomic E-state index is 0.0254. The fourth-order valence-electron chi connectivity index (χ4n) is 6.02. The molecule has 0 unspecified atom stereocenters. The van der Waals surface area contributed by atoms with Crippen molar-refractivity contribution in [1.29, 1.82) is 0 Å². The highest BCUT2D eigenvalue weighted by atomic mass is 16.7. The van der Waals surface area contributed by atoms with Crippen LogP contribution >= 0.6 is 0 Å². The van der Waals surface area contributed by atoms with E-state index in [4.69, 9.17) is 9.47 Å². The van der Waals surface area contributed by atoms with Gasteiger partial charge in [0.15, 0.2) is 6.29 Å². The molecule has 11 heteroatoms. The lowest BCUT2D eigenvalue weighted by Crippen LogP contribution is -2.51. The second-order valence-corrected chi connectivity index (χ2v) is 11.7. The molecule has 6 rings (SSSR count). The SMILES string of the molecule is C[C@H]1[C@@H](CN2CCN(c3ccc([N+](=O)[O-])cc3)CC2)O[C@@H](c2cccc(NC(=O)c3cccnc3)c2)O[C@H]1c1ccc(CO)cc1. The summed E-state index contributed by atoms with van der Waals surface area (Å²) in [5.41, 5.74) is 4.78. The van der Waals surface area contributed by atoms with Crippen molar-refractivity contribution in [3.05, 3.63) is 130 Å². The molecule has 2 fully saturated rings. The molecule has 2 N–H and O–H groups in total. The first-order chi connectivity index (χ1) is 22.4. The van der Waals surface area contributed by atoms with E-state index in [1.807, 2.05) is 60.7 Å². The van der Waals surface area contributed by atoms with Crippen LogP contribution in [0.15, 0.2) is 97.3 Å². The maximum Gasteiger partial charge on any atom is 0.269 e. The predicted octanol–water partition coefficient (Wildman–Crippen LogP) is 5.35. The first-order valence-electron chi connectivity index (χ1n) is 15.4. The quantitative estimate of drug-likeness (QED) is 0.187. The van der Waals surface area contributed by atoms with Gasteiger partial charge in [0.25, 0.3) is 11.6 Å². The van der Waals surface area contributed by atoms with Crippen molar-refractivity contribution in [3.63, 3.8) is 0 Å². The van der Waals surface area contributed by atoms with E-state index in [1.54, 1.807) is 30.5 Å². The number of pyridine rings is 1. The topological polar surface area (TPSA) is 130 Å². The first-order valence-corrected chi connectivity index (χ1v) is 15.4. The lowest BCUT2D eigenvalue weighted by Gasteiger charge is -2.44. The van der Waals surface area contributed by atoms with Gasteiger partial charge in [-0.1, -0.05) is 43.3 Å². The van der Waals surface area contributed by atoms with Crippen molar-refractivity contribution < 1.29 is 24.3 Å². The number of carbonyl (C=O) groups is 1. The van der Waals surface area contributed by atoms with E-state index in [0.29, 0.717) is 17.8 Å². The Hall–Kier alpha value is -4.68. The fourth-order valence-corrected chi connectivity index (χ4v) is 6.02. The highest BCUT2D eigenvalue weighted by molar-refractivity contribution is 6.04. The minimum Gasteiger partial charge on any atom is -0.392 e. The number of hydrogen-bond acceptors (Lipinski definition) is 9. The van der Waals surface area contributed by atoms with Gasteiger partial charge < -0.3 is 24.8 Å². The normalized spacial score (nSPS) is 21.9. The summed E-state index contributed by atoms with van der Waals surface area (Å²) in [6.45, 7) is 6.05. The number of nitro benzene ring substituents is 1. The number of carbonyl (C=O) groups excluding carboxylic acids is 1. The van der Waals surface area contributed by atoms with Gasteiger partial charge in [-0.25, -0.2) is 0 Å². The Morgan fingerprint density at radius 1 is 0.978 bits per heavy atom. The van der Waals surface area contributed by atoms with Gasteiger partial charge in [0.1, 0.15) is 0 Å². The van der Waals surface area contributed by atoms with Crippen molar-refractivity contribution in [2.24, 2.45) is 5.92 Å². The van der Waals surface area contributed by atoms with Crippen molar-refractivity contribution in [2.75, 3.05) is 42.9 Å². The van der Waals surface area contributed by atoms with Gasteiger partial charge in [-0.3, -0.25) is 24.8 Å². The monoisotopic (exact) mass is 623 g/mol. The van der Waals surface area contributed by atoms with Crippen LogP contribution in [0.25, 0.3) is 0 Å². The molecular weight excluding hydrogens is 586 g/mol. The number of ether oxygens (including phenoxy) is 2. The van der Waals surface area contributed by atoms with Crippen LogP contribution in [0, 0.1) is 16.0 Å². The van der Waals surface area contributed by atoms with Crippen LogP contribution in [0.2, 0.25) is 0 Å². The standard InChI is InChI=1S/C35H37N5O6/c1-24-32(22-38-16-18-39(19-17-38)30-11-13-31(14-12-30)40(43)44)45-35(46-33(24)26-9-7-25(23-41)8-10-26)27-4-2-6-29(20-27)37-34(42)28-5-3-15-36-21-28/h2-15,20-21,24,32-33,35,41H,16-19,22-23H2,1H3,(H,37,42)/t24-,32+,33+,35+/m0/s1. The summed E-state index contributed by atoms with van der Waals surface area (Å²) in [7, 11) is 0. The summed E-state index contributed by atoms with van der Waals surface area (Å²) in [5, 5.41) is 23.6. The summed E-state index contributed by atoms with van der Waals surface area (Å²) in [6.07, 6.45) is 2.07. The number of aliphatic hydroxyl groups is 1. The minimum atomic E-state index is -0.666. The van der Waals surface area contributed by atoms with E-state index in [-0.39, 0.29) is 41.3 Å². The molecule has 2 saturated heterocycles. The third kappa shape index (κ3) is 7.24. The van der Waals surface area contributed by atoms with Gasteiger partial charge in [-0.2, -0.15) is 0 Å². The number of nitrogens with one attached hydrogen (secondary N) is 1. The highest BCUT2D eigenvalue weighted by Gasteiger charge is 2.39. The summed E-state index contributed by atoms with van der Waals surface area (Å²) < 4.78 is 13.3. The van der Waals surface area contributed by atoms with Crippen molar-refractivity contribution >= 4 is 23.0 Å². The van der Waals surface area contributed by atoms with E-state index in [1.165, 1.54) is 6.20 Å². The third-order valence-corrected chi connectivity index (χ3v) is 8.70. The van der Waals surface area contributed by atoms with E-state index >= 15 is 0 Å². The average molecular weight is 624 g/mol. The molecule has 4 atom stereocenters. The molecular formula is C35H37N5O6. The van der Waals surface area contributed by atoms with Gasteiger partial charge >= 0.3 is 0 Å². The van der Waals surface area contributed by atoms with Crippen LogP contribution in [0.3, 0.4) is 0 Å². The summed E-state index contributed by atoms with van der Waals surface area (Å²) in [4.78, 5) is 32.1. The Morgan fingerprint density at radius 3 is 2.41 bits per heavy atom. The number of nitro groups is 1. The van der Waals surface area contributed by atoms with E-state index in [9.17, 15) is 20.0 Å². The van der Waals surface area contributed by atoms with E-state index in [2.05, 4.69) is 27.0 Å². The third-order valence-electron chi connectivity index (χ3n) is 8.70. The molecule has 0 aliphatic carbocycles.